The van der Waals surface area contributed by atoms with Crippen LogP contribution in [0.3, 0.4) is 0 Å². The van der Waals surface area contributed by atoms with E-state index >= 15 is 0 Å². The molecule has 0 saturated heterocycles. The number of carboxylic acids is 1. The van der Waals surface area contributed by atoms with E-state index in [-0.39, 0.29) is 16.5 Å². The number of phenolic OH excluding ortho intramolecular Hbond substituents is 1. The number of hydrogen-bond donors (Lipinski definition) is 2. The lowest BCUT2D eigenvalue weighted by atomic mass is 10.1. The van der Waals surface area contributed by atoms with E-state index in [1.54, 1.807) is 0 Å². The number of carbonyl (C=O) groups is 1. The number of nitrogens with zero attached hydrogens (tertiary/aromatic N) is 1. The van der Waals surface area contributed by atoms with Crippen molar-refractivity contribution in [3.8, 4) is 5.75 Å². The maximum absolute atomic E-state index is 10.8. The molecule has 1 heterocycles. The van der Waals surface area contributed by atoms with Crippen molar-refractivity contribution in [2.45, 2.75) is 0 Å². The minimum Gasteiger partial charge on any atom is -0.506 e. The molecule has 15 heavy (non-hydrogen) atoms. The van der Waals surface area contributed by atoms with Crippen LogP contribution < -0.4 is 0 Å². The van der Waals surface area contributed by atoms with Crippen molar-refractivity contribution in [2.24, 2.45) is 0 Å². The third-order valence-electron chi connectivity index (χ3n) is 2.07. The number of phenols is 1. The largest absolute Gasteiger partial charge is 0.506 e. The summed E-state index contributed by atoms with van der Waals surface area (Å²) in [5, 5.41) is 19.4. The number of rotatable bonds is 1. The quantitative estimate of drug-likeness (QED) is 0.778. The van der Waals surface area contributed by atoms with Crippen LogP contribution in [0.25, 0.3) is 10.8 Å². The highest BCUT2D eigenvalue weighted by Gasteiger charge is 2.12. The Morgan fingerprint density at radius 1 is 1.27 bits per heavy atom. The summed E-state index contributed by atoms with van der Waals surface area (Å²) in [4.78, 5) is 14.6. The first-order chi connectivity index (χ1) is 7.11. The van der Waals surface area contributed by atoms with Crippen molar-refractivity contribution in [3.63, 3.8) is 0 Å². The van der Waals surface area contributed by atoms with Crippen molar-refractivity contribution in [1.29, 1.82) is 0 Å². The number of hydrogen-bond acceptors (Lipinski definition) is 3. The average Bonchev–Trinajstić information content (AvgIpc) is 2.23. The fraction of sp³-hybridized carbons (Fsp3) is 0. The minimum atomic E-state index is -1.14. The molecule has 0 aliphatic carbocycles. The molecule has 2 N–H and O–H groups in total. The van der Waals surface area contributed by atoms with E-state index in [1.165, 1.54) is 24.4 Å². The van der Waals surface area contributed by atoms with Crippen LogP contribution in [0.1, 0.15) is 10.5 Å². The zero-order valence-corrected chi connectivity index (χ0v) is 8.19. The summed E-state index contributed by atoms with van der Waals surface area (Å²) in [6.45, 7) is 0. The molecular formula is C10H6ClNO3. The van der Waals surface area contributed by atoms with Gasteiger partial charge >= 0.3 is 5.97 Å². The van der Waals surface area contributed by atoms with Gasteiger partial charge in [0.2, 0.25) is 0 Å². The molecule has 5 heteroatoms. The van der Waals surface area contributed by atoms with Gasteiger partial charge in [0.15, 0.2) is 5.69 Å². The minimum absolute atomic E-state index is 0.0977. The predicted molar refractivity (Wildman–Crippen MR) is 55.4 cm³/mol. The van der Waals surface area contributed by atoms with Gasteiger partial charge in [0.25, 0.3) is 0 Å². The maximum atomic E-state index is 10.8. The summed E-state index contributed by atoms with van der Waals surface area (Å²) in [6, 6.07) is 4.48. The molecule has 0 spiro atoms. The van der Waals surface area contributed by atoms with Crippen LogP contribution in [0.4, 0.5) is 0 Å². The highest BCUT2D eigenvalue weighted by Crippen LogP contribution is 2.32. The maximum Gasteiger partial charge on any atom is 0.355 e. The summed E-state index contributed by atoms with van der Waals surface area (Å²) >= 11 is 5.70. The van der Waals surface area contributed by atoms with Crippen molar-refractivity contribution >= 4 is 28.3 Å². The first-order valence-electron chi connectivity index (χ1n) is 4.10. The normalized spacial score (nSPS) is 10.5. The fourth-order valence-corrected chi connectivity index (χ4v) is 1.55. The third-order valence-corrected chi connectivity index (χ3v) is 2.38. The van der Waals surface area contributed by atoms with Gasteiger partial charge in [-0.2, -0.15) is 0 Å². The number of aromatic carboxylic acids is 1. The number of benzene rings is 1. The number of aromatic nitrogens is 1. The van der Waals surface area contributed by atoms with Gasteiger partial charge in [-0.1, -0.05) is 17.7 Å². The van der Waals surface area contributed by atoms with Crippen LogP contribution in [0, 0.1) is 0 Å². The second kappa shape index (κ2) is 3.40. The van der Waals surface area contributed by atoms with Gasteiger partial charge in [0.05, 0.1) is 5.02 Å². The number of pyridine rings is 1. The van der Waals surface area contributed by atoms with Crippen molar-refractivity contribution in [3.05, 3.63) is 35.1 Å². The van der Waals surface area contributed by atoms with Gasteiger partial charge in [-0.05, 0) is 12.1 Å². The summed E-state index contributed by atoms with van der Waals surface area (Å²) in [6.07, 6.45) is 1.32. The molecule has 0 fully saturated rings. The smallest absolute Gasteiger partial charge is 0.355 e. The lowest BCUT2D eigenvalue weighted by Gasteiger charge is -2.04. The number of fused-ring (bicyclic) bond motifs is 1. The SMILES string of the molecule is O=C(O)c1nccc2c(O)c(Cl)ccc12. The molecule has 4 nitrogen and oxygen atoms in total. The Balaban J connectivity index is 2.89. The molecule has 0 aliphatic heterocycles. The molecule has 76 valence electrons. The van der Waals surface area contributed by atoms with E-state index < -0.39 is 5.97 Å². The van der Waals surface area contributed by atoms with E-state index in [0.717, 1.165) is 0 Å². The van der Waals surface area contributed by atoms with Gasteiger partial charge in [0.1, 0.15) is 5.75 Å². The summed E-state index contributed by atoms with van der Waals surface area (Å²) in [5.41, 5.74) is -0.0977. The van der Waals surface area contributed by atoms with E-state index in [1.807, 2.05) is 0 Å². The zero-order chi connectivity index (χ0) is 11.0. The van der Waals surface area contributed by atoms with E-state index in [4.69, 9.17) is 16.7 Å². The van der Waals surface area contributed by atoms with Crippen molar-refractivity contribution in [2.75, 3.05) is 0 Å². The first-order valence-corrected chi connectivity index (χ1v) is 4.48. The Hall–Kier alpha value is -1.81. The highest BCUT2D eigenvalue weighted by molar-refractivity contribution is 6.33. The number of halogens is 1. The van der Waals surface area contributed by atoms with Gasteiger partial charge in [-0.25, -0.2) is 9.78 Å². The molecule has 0 radical (unpaired) electrons. The van der Waals surface area contributed by atoms with Crippen LogP contribution in [-0.2, 0) is 0 Å². The fourth-order valence-electron chi connectivity index (χ4n) is 1.38. The Kier molecular flexibility index (Phi) is 2.21. The molecule has 1 aromatic heterocycles. The molecule has 0 unspecified atom stereocenters. The van der Waals surface area contributed by atoms with Crippen LogP contribution in [0.5, 0.6) is 5.75 Å². The van der Waals surface area contributed by atoms with Crippen LogP contribution >= 0.6 is 11.6 Å². The topological polar surface area (TPSA) is 70.4 Å². The van der Waals surface area contributed by atoms with Crippen molar-refractivity contribution in [1.82, 2.24) is 4.98 Å². The Morgan fingerprint density at radius 2 is 2.00 bits per heavy atom. The Labute approximate surface area is 89.8 Å². The van der Waals surface area contributed by atoms with Gasteiger partial charge < -0.3 is 10.2 Å². The van der Waals surface area contributed by atoms with Crippen LogP contribution in [-0.4, -0.2) is 21.2 Å². The van der Waals surface area contributed by atoms with Gasteiger partial charge in [-0.15, -0.1) is 0 Å². The van der Waals surface area contributed by atoms with Gasteiger partial charge in [-0.3, -0.25) is 0 Å². The lowest BCUT2D eigenvalue weighted by molar-refractivity contribution is 0.0693. The second-order valence-electron chi connectivity index (χ2n) is 2.96. The first kappa shape index (κ1) is 9.73. The standard InChI is InChI=1S/C10H6ClNO3/c11-7-2-1-5-6(9(7)13)3-4-12-8(5)10(14)15/h1-4,13H,(H,14,15). The molecule has 0 atom stereocenters. The molecule has 0 bridgehead atoms. The number of aromatic hydroxyl groups is 1. The van der Waals surface area contributed by atoms with E-state index in [2.05, 4.69) is 4.98 Å². The van der Waals surface area contributed by atoms with E-state index in [9.17, 15) is 9.90 Å². The molecular weight excluding hydrogens is 218 g/mol. The lowest BCUT2D eigenvalue weighted by Crippen LogP contribution is -2.00. The monoisotopic (exact) mass is 223 g/mol. The molecule has 0 saturated carbocycles. The van der Waals surface area contributed by atoms with E-state index in [0.29, 0.717) is 10.8 Å². The summed E-state index contributed by atoms with van der Waals surface area (Å²) in [5.74, 6) is -1.26. The van der Waals surface area contributed by atoms with Crippen LogP contribution in [0.15, 0.2) is 24.4 Å². The van der Waals surface area contributed by atoms with Gasteiger partial charge in [0, 0.05) is 17.0 Å². The van der Waals surface area contributed by atoms with Crippen molar-refractivity contribution < 1.29 is 15.0 Å². The molecule has 1 aromatic carbocycles. The second-order valence-corrected chi connectivity index (χ2v) is 3.36. The third kappa shape index (κ3) is 1.49. The number of carboxylic acid groups (broad SMARTS) is 1. The molecule has 0 amide bonds. The summed E-state index contributed by atoms with van der Waals surface area (Å²) in [7, 11) is 0. The molecule has 2 rings (SSSR count). The zero-order valence-electron chi connectivity index (χ0n) is 7.44. The Morgan fingerprint density at radius 3 is 2.67 bits per heavy atom. The highest BCUT2D eigenvalue weighted by atomic mass is 35.5. The Bertz CT molecular complexity index is 554. The molecule has 0 aliphatic rings. The average molecular weight is 224 g/mol. The van der Waals surface area contributed by atoms with Crippen LogP contribution in [0.2, 0.25) is 5.02 Å². The predicted octanol–water partition coefficient (Wildman–Crippen LogP) is 2.29. The summed E-state index contributed by atoms with van der Waals surface area (Å²) < 4.78 is 0. The molecule has 2 aromatic rings.